The number of likely N-dealkylation sites (N-methyl/N-ethyl adjacent to an activating group) is 1. The Labute approximate surface area is 87.3 Å². The minimum atomic E-state index is -4.24. The molecular formula is C11H14F3N. The van der Waals surface area contributed by atoms with Gasteiger partial charge in [0.2, 0.25) is 0 Å². The van der Waals surface area contributed by atoms with Crippen molar-refractivity contribution in [1.82, 2.24) is 5.32 Å². The van der Waals surface area contributed by atoms with Crippen LogP contribution < -0.4 is 5.32 Å². The van der Waals surface area contributed by atoms with E-state index in [1.165, 1.54) is 12.1 Å². The quantitative estimate of drug-likeness (QED) is 0.765. The minimum Gasteiger partial charge on any atom is -0.317 e. The molecule has 0 aliphatic carbocycles. The molecule has 0 amide bonds. The third kappa shape index (κ3) is 3.91. The lowest BCUT2D eigenvalue weighted by atomic mass is 10.1. The predicted molar refractivity (Wildman–Crippen MR) is 53.7 cm³/mol. The fourth-order valence-corrected chi connectivity index (χ4v) is 1.27. The fraction of sp³-hybridized carbons (Fsp3) is 0.455. The van der Waals surface area contributed by atoms with Gasteiger partial charge in [0.1, 0.15) is 0 Å². The van der Waals surface area contributed by atoms with Crippen molar-refractivity contribution in [3.63, 3.8) is 0 Å². The summed E-state index contributed by atoms with van der Waals surface area (Å²) in [5.74, 6) is 0. The highest BCUT2D eigenvalue weighted by atomic mass is 19.4. The Morgan fingerprint density at radius 1 is 1.13 bits per heavy atom. The third-order valence-electron chi connectivity index (χ3n) is 2.12. The van der Waals surface area contributed by atoms with Crippen LogP contribution in [0, 0.1) is 0 Å². The van der Waals surface area contributed by atoms with Crippen molar-refractivity contribution in [3.8, 4) is 0 Å². The van der Waals surface area contributed by atoms with E-state index in [1.54, 1.807) is 0 Å². The molecule has 0 atom stereocenters. The van der Waals surface area contributed by atoms with Gasteiger partial charge in [0, 0.05) is 0 Å². The van der Waals surface area contributed by atoms with Gasteiger partial charge in [0.05, 0.1) is 5.56 Å². The van der Waals surface area contributed by atoms with Gasteiger partial charge in [0.15, 0.2) is 0 Å². The first kappa shape index (κ1) is 12.0. The summed E-state index contributed by atoms with van der Waals surface area (Å²) in [5.41, 5.74) is 0.332. The summed E-state index contributed by atoms with van der Waals surface area (Å²) in [6.45, 7) is 3.66. The Bertz CT molecular complexity index is 290. The monoisotopic (exact) mass is 217 g/mol. The van der Waals surface area contributed by atoms with Crippen LogP contribution in [0.3, 0.4) is 0 Å². The molecule has 0 saturated heterocycles. The van der Waals surface area contributed by atoms with Gasteiger partial charge in [-0.05, 0) is 37.2 Å². The molecule has 0 aromatic heterocycles. The standard InChI is InChI=1S/C11H14F3N/c1-2-15-8-7-9-3-5-10(6-4-9)11(12,13)14/h3-6,15H,2,7-8H2,1H3. The zero-order valence-electron chi connectivity index (χ0n) is 8.56. The molecule has 0 heterocycles. The van der Waals surface area contributed by atoms with Gasteiger partial charge in [-0.3, -0.25) is 0 Å². The Morgan fingerprint density at radius 3 is 2.20 bits per heavy atom. The summed E-state index contributed by atoms with van der Waals surface area (Å²) in [4.78, 5) is 0. The normalized spacial score (nSPS) is 11.7. The number of benzene rings is 1. The molecule has 0 unspecified atom stereocenters. The summed E-state index contributed by atoms with van der Waals surface area (Å²) in [6.07, 6.45) is -3.48. The highest BCUT2D eigenvalue weighted by Crippen LogP contribution is 2.29. The molecule has 0 aliphatic heterocycles. The molecule has 0 fully saturated rings. The average Bonchev–Trinajstić information content (AvgIpc) is 2.18. The van der Waals surface area contributed by atoms with Crippen LogP contribution in [-0.4, -0.2) is 13.1 Å². The van der Waals surface area contributed by atoms with E-state index in [0.29, 0.717) is 0 Å². The predicted octanol–water partition coefficient (Wildman–Crippen LogP) is 2.86. The Hall–Kier alpha value is -1.03. The van der Waals surface area contributed by atoms with Crippen LogP contribution in [0.25, 0.3) is 0 Å². The number of hydrogen-bond acceptors (Lipinski definition) is 1. The summed E-state index contributed by atoms with van der Waals surface area (Å²) >= 11 is 0. The van der Waals surface area contributed by atoms with E-state index in [2.05, 4.69) is 5.32 Å². The van der Waals surface area contributed by atoms with E-state index in [0.717, 1.165) is 37.2 Å². The molecule has 0 bridgehead atoms. The molecule has 84 valence electrons. The van der Waals surface area contributed by atoms with Gasteiger partial charge in [-0.1, -0.05) is 19.1 Å². The Balaban J connectivity index is 2.57. The molecule has 0 aliphatic rings. The number of hydrogen-bond donors (Lipinski definition) is 1. The average molecular weight is 217 g/mol. The molecule has 1 aromatic rings. The SMILES string of the molecule is CCNCCc1ccc(C(F)(F)F)cc1. The first-order chi connectivity index (χ1) is 7.04. The zero-order valence-corrected chi connectivity index (χ0v) is 8.56. The van der Waals surface area contributed by atoms with Crippen molar-refractivity contribution in [2.45, 2.75) is 19.5 Å². The van der Waals surface area contributed by atoms with Gasteiger partial charge in [-0.15, -0.1) is 0 Å². The molecule has 0 spiro atoms. The molecule has 1 N–H and O–H groups in total. The highest BCUT2D eigenvalue weighted by Gasteiger charge is 2.29. The Kier molecular flexibility index (Phi) is 4.15. The van der Waals surface area contributed by atoms with Gasteiger partial charge >= 0.3 is 6.18 Å². The maximum Gasteiger partial charge on any atom is 0.416 e. The third-order valence-corrected chi connectivity index (χ3v) is 2.12. The zero-order chi connectivity index (χ0) is 11.3. The van der Waals surface area contributed by atoms with Crippen molar-refractivity contribution in [2.24, 2.45) is 0 Å². The molecule has 0 radical (unpaired) electrons. The minimum absolute atomic E-state index is 0.588. The number of alkyl halides is 3. The number of nitrogens with one attached hydrogen (secondary N) is 1. The largest absolute Gasteiger partial charge is 0.416 e. The maximum atomic E-state index is 12.2. The summed E-state index contributed by atoms with van der Waals surface area (Å²) < 4.78 is 36.6. The molecular weight excluding hydrogens is 203 g/mol. The first-order valence-corrected chi connectivity index (χ1v) is 4.91. The molecule has 1 rings (SSSR count). The van der Waals surface area contributed by atoms with Gasteiger partial charge in [-0.25, -0.2) is 0 Å². The second-order valence-electron chi connectivity index (χ2n) is 3.30. The van der Waals surface area contributed by atoms with Crippen LogP contribution in [0.5, 0.6) is 0 Å². The van der Waals surface area contributed by atoms with Gasteiger partial charge in [-0.2, -0.15) is 13.2 Å². The van der Waals surface area contributed by atoms with Crippen LogP contribution in [0.15, 0.2) is 24.3 Å². The van der Waals surface area contributed by atoms with Crippen LogP contribution in [0.4, 0.5) is 13.2 Å². The summed E-state index contributed by atoms with van der Waals surface area (Å²) in [5, 5.41) is 3.12. The lowest BCUT2D eigenvalue weighted by molar-refractivity contribution is -0.137. The van der Waals surface area contributed by atoms with E-state index in [9.17, 15) is 13.2 Å². The van der Waals surface area contributed by atoms with Gasteiger partial charge in [0.25, 0.3) is 0 Å². The van der Waals surface area contributed by atoms with E-state index < -0.39 is 11.7 Å². The van der Waals surface area contributed by atoms with Crippen molar-refractivity contribution in [2.75, 3.05) is 13.1 Å². The van der Waals surface area contributed by atoms with E-state index in [-0.39, 0.29) is 0 Å². The van der Waals surface area contributed by atoms with E-state index in [1.807, 2.05) is 6.92 Å². The summed E-state index contributed by atoms with van der Waals surface area (Å²) in [6, 6.07) is 5.31. The fourth-order valence-electron chi connectivity index (χ4n) is 1.27. The molecule has 1 aromatic carbocycles. The van der Waals surface area contributed by atoms with E-state index in [4.69, 9.17) is 0 Å². The summed E-state index contributed by atoms with van der Waals surface area (Å²) in [7, 11) is 0. The molecule has 15 heavy (non-hydrogen) atoms. The second-order valence-corrected chi connectivity index (χ2v) is 3.30. The lowest BCUT2D eigenvalue weighted by Gasteiger charge is -2.07. The van der Waals surface area contributed by atoms with Crippen molar-refractivity contribution < 1.29 is 13.2 Å². The smallest absolute Gasteiger partial charge is 0.317 e. The molecule has 1 nitrogen and oxygen atoms in total. The lowest BCUT2D eigenvalue weighted by Crippen LogP contribution is -2.16. The van der Waals surface area contributed by atoms with Crippen LogP contribution in [0.1, 0.15) is 18.1 Å². The maximum absolute atomic E-state index is 12.2. The van der Waals surface area contributed by atoms with Crippen molar-refractivity contribution >= 4 is 0 Å². The van der Waals surface area contributed by atoms with Gasteiger partial charge < -0.3 is 5.32 Å². The van der Waals surface area contributed by atoms with Crippen LogP contribution in [-0.2, 0) is 12.6 Å². The molecule has 0 saturated carbocycles. The number of halogens is 3. The topological polar surface area (TPSA) is 12.0 Å². The van der Waals surface area contributed by atoms with Crippen LogP contribution in [0.2, 0.25) is 0 Å². The second kappa shape index (κ2) is 5.16. The van der Waals surface area contributed by atoms with Crippen molar-refractivity contribution in [1.29, 1.82) is 0 Å². The first-order valence-electron chi connectivity index (χ1n) is 4.91. The van der Waals surface area contributed by atoms with Crippen molar-refractivity contribution in [3.05, 3.63) is 35.4 Å². The number of rotatable bonds is 4. The van der Waals surface area contributed by atoms with Crippen LogP contribution >= 0.6 is 0 Å². The van der Waals surface area contributed by atoms with E-state index >= 15 is 0 Å². The Morgan fingerprint density at radius 2 is 1.73 bits per heavy atom. The molecule has 4 heteroatoms. The highest BCUT2D eigenvalue weighted by molar-refractivity contribution is 5.24.